The zero-order valence-corrected chi connectivity index (χ0v) is 10.6. The Morgan fingerprint density at radius 1 is 1.58 bits per heavy atom. The van der Waals surface area contributed by atoms with E-state index in [1.54, 1.807) is 0 Å². The molecule has 1 amide bonds. The van der Waals surface area contributed by atoms with Crippen LogP contribution in [-0.2, 0) is 59.7 Å². The van der Waals surface area contributed by atoms with Crippen molar-refractivity contribution in [2.45, 2.75) is 13.0 Å². The van der Waals surface area contributed by atoms with Crippen molar-refractivity contribution >= 4 is 24.5 Å². The summed E-state index contributed by atoms with van der Waals surface area (Å²) in [5.41, 5.74) is 0. The molecule has 12 heavy (non-hydrogen) atoms. The van der Waals surface area contributed by atoms with E-state index in [0.29, 0.717) is 0 Å². The van der Waals surface area contributed by atoms with Gasteiger partial charge in [-0.05, 0) is 0 Å². The van der Waals surface area contributed by atoms with Gasteiger partial charge in [-0.2, -0.15) is 0 Å². The Bertz CT molecular complexity index is 165. The summed E-state index contributed by atoms with van der Waals surface area (Å²) >= 11 is 4.62. The molecule has 1 radical (unpaired) electrons. The van der Waals surface area contributed by atoms with E-state index in [4.69, 9.17) is 0 Å². The van der Waals surface area contributed by atoms with Crippen LogP contribution in [0.1, 0.15) is 6.92 Å². The van der Waals surface area contributed by atoms with Crippen LogP contribution in [0.5, 0.6) is 0 Å². The molecule has 0 aliphatic rings. The Morgan fingerprint density at radius 3 is 2.33 bits per heavy atom. The molecule has 1 N–H and O–H groups in total. The van der Waals surface area contributed by atoms with E-state index in [0.717, 1.165) is 0 Å². The average Bonchev–Trinajstić information content (AvgIpc) is 1.98. The first kappa shape index (κ1) is 14.9. The van der Waals surface area contributed by atoms with Crippen molar-refractivity contribution in [3.8, 4) is 0 Å². The normalized spacial score (nSPS) is 10.9. The van der Waals surface area contributed by atoms with Gasteiger partial charge in [0.2, 0.25) is 5.91 Å². The largest absolute Gasteiger partial charge is 0.790 e. The molecule has 0 aromatic carbocycles. The van der Waals surface area contributed by atoms with Gasteiger partial charge < -0.3 is 22.7 Å². The fraction of sp³-hybridized carbons (Fsp3) is 0.667. The third-order valence-electron chi connectivity index (χ3n) is 1.03. The first-order chi connectivity index (χ1) is 5.11. The number of esters is 1. The topological polar surface area (TPSA) is 55.4 Å². The maximum absolute atomic E-state index is 10.8. The van der Waals surface area contributed by atoms with Gasteiger partial charge in [-0.15, -0.1) is 5.75 Å². The van der Waals surface area contributed by atoms with Crippen LogP contribution in [0.4, 0.5) is 0 Å². The third kappa shape index (κ3) is 5.97. The van der Waals surface area contributed by atoms with Gasteiger partial charge in [0.25, 0.3) is 0 Å². The van der Waals surface area contributed by atoms with Crippen molar-refractivity contribution in [1.82, 2.24) is 5.32 Å². The summed E-state index contributed by atoms with van der Waals surface area (Å²) in [7, 11) is 1.25. The van der Waals surface area contributed by atoms with Crippen molar-refractivity contribution in [2.24, 2.45) is 0 Å². The molecular formula is C6H10NO3SY-. The quantitative estimate of drug-likeness (QED) is 0.536. The van der Waals surface area contributed by atoms with E-state index in [2.05, 4.69) is 22.7 Å². The van der Waals surface area contributed by atoms with Crippen molar-refractivity contribution < 1.29 is 47.0 Å². The number of hydrogen-bond donors (Lipinski definition) is 1. The zero-order valence-electron chi connectivity index (χ0n) is 6.99. The number of rotatable bonds is 3. The van der Waals surface area contributed by atoms with Gasteiger partial charge in [-0.1, -0.05) is 0 Å². The molecule has 0 bridgehead atoms. The molecule has 1 unspecified atom stereocenters. The molecule has 0 fully saturated rings. The van der Waals surface area contributed by atoms with Crippen LogP contribution < -0.4 is 5.32 Å². The number of ether oxygens (including phenoxy) is 1. The van der Waals surface area contributed by atoms with Gasteiger partial charge in [0, 0.05) is 39.6 Å². The second kappa shape index (κ2) is 8.01. The monoisotopic (exact) mass is 265 g/mol. The summed E-state index contributed by atoms with van der Waals surface area (Å²) in [6.45, 7) is 1.32. The van der Waals surface area contributed by atoms with Gasteiger partial charge >= 0.3 is 5.97 Å². The summed E-state index contributed by atoms with van der Waals surface area (Å²) in [6, 6.07) is -0.688. The fourth-order valence-electron chi connectivity index (χ4n) is 0.556. The summed E-state index contributed by atoms with van der Waals surface area (Å²) in [6.07, 6.45) is 0. The second-order valence-corrected chi connectivity index (χ2v) is 2.28. The van der Waals surface area contributed by atoms with Gasteiger partial charge in [-0.3, -0.25) is 4.79 Å². The molecular weight excluding hydrogens is 255 g/mol. The molecule has 0 spiro atoms. The molecule has 6 heteroatoms. The maximum atomic E-state index is 10.8. The van der Waals surface area contributed by atoms with Gasteiger partial charge in [0.05, 0.1) is 7.11 Å². The molecule has 0 aliphatic heterocycles. The van der Waals surface area contributed by atoms with Crippen LogP contribution in [0.25, 0.3) is 0 Å². The SMILES string of the molecule is COC(=O)C(C[S-])NC(C)=O.[Y]. The van der Waals surface area contributed by atoms with Crippen molar-refractivity contribution in [2.75, 3.05) is 12.9 Å². The first-order valence-electron chi connectivity index (χ1n) is 3.04. The number of carbonyl (C=O) groups is 2. The minimum absolute atomic E-state index is 0. The van der Waals surface area contributed by atoms with E-state index in [9.17, 15) is 9.59 Å². The van der Waals surface area contributed by atoms with Gasteiger partial charge in [-0.25, -0.2) is 4.79 Å². The van der Waals surface area contributed by atoms with E-state index in [1.165, 1.54) is 14.0 Å². The molecule has 4 nitrogen and oxygen atoms in total. The van der Waals surface area contributed by atoms with Gasteiger partial charge in [0.1, 0.15) is 6.04 Å². The number of nitrogens with one attached hydrogen (secondary N) is 1. The summed E-state index contributed by atoms with van der Waals surface area (Å²) in [5.74, 6) is -0.660. The third-order valence-corrected chi connectivity index (χ3v) is 1.36. The van der Waals surface area contributed by atoms with Crippen LogP contribution in [0.3, 0.4) is 0 Å². The maximum Gasteiger partial charge on any atom is 0.326 e. The predicted molar refractivity (Wildman–Crippen MR) is 41.9 cm³/mol. The zero-order chi connectivity index (χ0) is 8.85. The van der Waals surface area contributed by atoms with E-state index < -0.39 is 12.0 Å². The summed E-state index contributed by atoms with van der Waals surface area (Å²) in [5, 5.41) is 2.36. The molecule has 0 aliphatic carbocycles. The standard InChI is InChI=1S/C6H11NO3S.Y/c1-4(8)7-5(3-11)6(9)10-2;/h5,11H,3H2,1-2H3,(H,7,8);/p-1. The van der Waals surface area contributed by atoms with Crippen LogP contribution in [0, 0.1) is 0 Å². The van der Waals surface area contributed by atoms with E-state index in [-0.39, 0.29) is 44.4 Å². The molecule has 67 valence electrons. The Balaban J connectivity index is 0. The Kier molecular flexibility index (Phi) is 9.95. The van der Waals surface area contributed by atoms with Crippen molar-refractivity contribution in [3.05, 3.63) is 0 Å². The smallest absolute Gasteiger partial charge is 0.326 e. The average molecular weight is 265 g/mol. The number of hydrogen-bond acceptors (Lipinski definition) is 4. The second-order valence-electron chi connectivity index (χ2n) is 1.94. The van der Waals surface area contributed by atoms with Crippen molar-refractivity contribution in [3.63, 3.8) is 0 Å². The fourth-order valence-corrected chi connectivity index (χ4v) is 0.776. The first-order valence-corrected chi connectivity index (χ1v) is 3.62. The molecule has 0 heterocycles. The van der Waals surface area contributed by atoms with E-state index in [1.807, 2.05) is 0 Å². The van der Waals surface area contributed by atoms with Crippen LogP contribution in [0.15, 0.2) is 0 Å². The number of carbonyl (C=O) groups excluding carboxylic acids is 2. The van der Waals surface area contributed by atoms with Crippen LogP contribution in [0.2, 0.25) is 0 Å². The molecule has 0 aromatic rings. The van der Waals surface area contributed by atoms with Gasteiger partial charge in [0.15, 0.2) is 0 Å². The Morgan fingerprint density at radius 2 is 2.08 bits per heavy atom. The van der Waals surface area contributed by atoms with Crippen LogP contribution >= 0.6 is 0 Å². The Hall–Kier alpha value is 0.394. The number of amides is 1. The molecule has 0 rings (SSSR count). The minimum atomic E-state index is -0.688. The number of methoxy groups -OCH3 is 1. The van der Waals surface area contributed by atoms with Crippen molar-refractivity contribution in [1.29, 1.82) is 0 Å². The van der Waals surface area contributed by atoms with Crippen LogP contribution in [-0.4, -0.2) is 30.8 Å². The van der Waals surface area contributed by atoms with E-state index >= 15 is 0 Å². The minimum Gasteiger partial charge on any atom is -0.790 e. The molecule has 0 saturated heterocycles. The summed E-state index contributed by atoms with van der Waals surface area (Å²) < 4.78 is 4.38. The molecule has 0 aromatic heterocycles. The molecule has 0 saturated carbocycles. The predicted octanol–water partition coefficient (Wildman–Crippen LogP) is -0.792. The summed E-state index contributed by atoms with van der Waals surface area (Å²) in [4.78, 5) is 21.2. The molecule has 1 atom stereocenters. The Labute approximate surface area is 102 Å².